The molecule has 2 amide bonds. The summed E-state index contributed by atoms with van der Waals surface area (Å²) in [5.41, 5.74) is 5.03. The molecular formula is C46H61Br2ClN2O6. The van der Waals surface area contributed by atoms with E-state index in [1.165, 1.54) is 6.42 Å². The number of aliphatic hydroxyl groups excluding tert-OH is 1. The first kappa shape index (κ1) is 46.7. The highest BCUT2D eigenvalue weighted by Gasteiger charge is 2.50. The third kappa shape index (κ3) is 10.4. The lowest BCUT2D eigenvalue weighted by Gasteiger charge is -2.35. The summed E-state index contributed by atoms with van der Waals surface area (Å²) in [6, 6.07) is 8.23. The minimum atomic E-state index is -0.641. The van der Waals surface area contributed by atoms with E-state index in [0.717, 1.165) is 113 Å². The normalized spacial score (nSPS) is 18.8. The summed E-state index contributed by atoms with van der Waals surface area (Å²) in [5.74, 6) is 0.187. The van der Waals surface area contributed by atoms with E-state index in [-0.39, 0.29) is 34.2 Å². The van der Waals surface area contributed by atoms with Gasteiger partial charge < -0.3 is 20.5 Å². The van der Waals surface area contributed by atoms with Gasteiger partial charge in [0.2, 0.25) is 5.24 Å². The number of aryl methyl sites for hydroxylation is 4. The van der Waals surface area contributed by atoms with Crippen LogP contribution in [0.4, 0.5) is 0 Å². The molecule has 0 radical (unpaired) electrons. The third-order valence-corrected chi connectivity index (χ3v) is 13.0. The van der Waals surface area contributed by atoms with E-state index in [1.807, 2.05) is 46.8 Å². The first-order chi connectivity index (χ1) is 26.5. The molecule has 6 rings (SSSR count). The largest absolute Gasteiger partial charge is 0.509 e. The fourth-order valence-corrected chi connectivity index (χ4v) is 9.62. The molecule has 2 aliphatic heterocycles. The van der Waals surface area contributed by atoms with Crippen LogP contribution in [0, 0.1) is 24.7 Å². The molecule has 11 heteroatoms. The van der Waals surface area contributed by atoms with E-state index in [1.54, 1.807) is 20.8 Å². The Hall–Kier alpha value is -2.95. The number of carbonyl (C=O) groups is 4. The Balaban J connectivity index is 0.000000221. The second kappa shape index (κ2) is 18.5. The smallest absolute Gasteiger partial charge is 0.316 e. The van der Waals surface area contributed by atoms with Gasteiger partial charge in [0, 0.05) is 25.5 Å². The lowest BCUT2D eigenvalue weighted by atomic mass is 9.80. The molecule has 2 fully saturated rings. The summed E-state index contributed by atoms with van der Waals surface area (Å²) >= 11 is 12.4. The Morgan fingerprint density at radius 3 is 1.49 bits per heavy atom. The highest BCUT2D eigenvalue weighted by Crippen LogP contribution is 2.47. The molecule has 8 nitrogen and oxygen atoms in total. The monoisotopic (exact) mass is 930 g/mol. The standard InChI is InChI=1S/C23H30BrNO3.C18H22BrNO2.C5H9ClO/c1-6-15-12-14(2)13-16(24)17(15)18-19(28-21(27)22(3,4)5)23(25-20(18)26)10-8-7-9-11-23;1-3-12-9-11(2)10-13(19)14(12)15-16(21)18(20-17(15)22)7-5-4-6-8-18;1-5(2,3)4(6)7/h12-13H,6-11H2,1-5H3,(H,25,26);9-10,21H,3-8H2,1-2H3,(H,20,22);1-3H3. The van der Waals surface area contributed by atoms with Crippen LogP contribution in [-0.4, -0.2) is 39.2 Å². The Kier molecular flexibility index (Phi) is 15.2. The second-order valence-electron chi connectivity index (χ2n) is 18.1. The van der Waals surface area contributed by atoms with Crippen molar-refractivity contribution in [1.82, 2.24) is 10.6 Å². The zero-order valence-corrected chi connectivity index (χ0v) is 39.3. The van der Waals surface area contributed by atoms with Crippen LogP contribution in [0.1, 0.15) is 153 Å². The molecule has 0 atom stereocenters. The molecule has 2 saturated carbocycles. The van der Waals surface area contributed by atoms with Crippen LogP contribution in [0.2, 0.25) is 0 Å². The van der Waals surface area contributed by atoms with E-state index < -0.39 is 16.5 Å². The van der Waals surface area contributed by atoms with Gasteiger partial charge >= 0.3 is 5.97 Å². The van der Waals surface area contributed by atoms with Crippen molar-refractivity contribution in [3.63, 3.8) is 0 Å². The second-order valence-corrected chi connectivity index (χ2v) is 20.1. The lowest BCUT2D eigenvalue weighted by molar-refractivity contribution is -0.149. The number of amides is 2. The summed E-state index contributed by atoms with van der Waals surface area (Å²) in [7, 11) is 0. The zero-order valence-electron chi connectivity index (χ0n) is 35.4. The molecule has 3 N–H and O–H groups in total. The maximum atomic E-state index is 13.2. The summed E-state index contributed by atoms with van der Waals surface area (Å²) in [6.45, 7) is 19.1. The molecule has 0 unspecified atom stereocenters. The van der Waals surface area contributed by atoms with Gasteiger partial charge in [-0.3, -0.25) is 19.2 Å². The van der Waals surface area contributed by atoms with Gasteiger partial charge in [0.05, 0.1) is 27.6 Å². The third-order valence-electron chi connectivity index (χ3n) is 11.2. The number of nitrogens with one attached hydrogen (secondary N) is 2. The van der Waals surface area contributed by atoms with Gasteiger partial charge in [0.15, 0.2) is 0 Å². The van der Waals surface area contributed by atoms with Crippen LogP contribution in [-0.2, 0) is 36.8 Å². The zero-order chi connectivity index (χ0) is 42.7. The predicted molar refractivity (Wildman–Crippen MR) is 237 cm³/mol. The maximum Gasteiger partial charge on any atom is 0.316 e. The Bertz CT molecular complexity index is 1960. The first-order valence-corrected chi connectivity index (χ1v) is 22.3. The quantitative estimate of drug-likeness (QED) is 0.203. The lowest BCUT2D eigenvalue weighted by Crippen LogP contribution is -2.47. The van der Waals surface area contributed by atoms with Crippen molar-refractivity contribution in [2.75, 3.05) is 0 Å². The van der Waals surface area contributed by atoms with Crippen LogP contribution >= 0.6 is 43.5 Å². The molecule has 2 aliphatic carbocycles. The molecule has 2 spiro atoms. The van der Waals surface area contributed by atoms with Gasteiger partial charge in [-0.2, -0.15) is 0 Å². The molecule has 4 aliphatic rings. The maximum absolute atomic E-state index is 13.2. The van der Waals surface area contributed by atoms with E-state index in [9.17, 15) is 24.3 Å². The van der Waals surface area contributed by atoms with Crippen molar-refractivity contribution in [2.24, 2.45) is 10.8 Å². The van der Waals surface area contributed by atoms with Crippen molar-refractivity contribution in [1.29, 1.82) is 0 Å². The molecule has 57 heavy (non-hydrogen) atoms. The predicted octanol–water partition coefficient (Wildman–Crippen LogP) is 11.7. The first-order valence-electron chi connectivity index (χ1n) is 20.4. The number of hydrogen-bond acceptors (Lipinski definition) is 6. The van der Waals surface area contributed by atoms with Crippen molar-refractivity contribution < 1.29 is 29.0 Å². The molecule has 2 heterocycles. The van der Waals surface area contributed by atoms with Gasteiger partial charge in [-0.15, -0.1) is 0 Å². The summed E-state index contributed by atoms with van der Waals surface area (Å²) in [5, 5.41) is 16.9. The fourth-order valence-electron chi connectivity index (χ4n) is 7.99. The van der Waals surface area contributed by atoms with Gasteiger partial charge in [0.25, 0.3) is 11.8 Å². The average Bonchev–Trinajstić information content (AvgIpc) is 3.50. The number of esters is 1. The Morgan fingerprint density at radius 2 is 1.09 bits per heavy atom. The summed E-state index contributed by atoms with van der Waals surface area (Å²) < 4.78 is 7.78. The highest BCUT2D eigenvalue weighted by atomic mass is 79.9. The van der Waals surface area contributed by atoms with E-state index in [0.29, 0.717) is 16.9 Å². The minimum Gasteiger partial charge on any atom is -0.509 e. The minimum absolute atomic E-state index is 0.140. The van der Waals surface area contributed by atoms with Crippen LogP contribution < -0.4 is 10.6 Å². The van der Waals surface area contributed by atoms with Crippen LogP contribution in [0.25, 0.3) is 11.1 Å². The van der Waals surface area contributed by atoms with Crippen molar-refractivity contribution in [3.05, 3.63) is 78.1 Å². The van der Waals surface area contributed by atoms with Gasteiger partial charge in [-0.05, 0) is 119 Å². The number of carbonyl (C=O) groups excluding carboxylic acids is 4. The Morgan fingerprint density at radius 1 is 0.702 bits per heavy atom. The van der Waals surface area contributed by atoms with Crippen LogP contribution in [0.3, 0.4) is 0 Å². The molecule has 0 saturated heterocycles. The number of halogens is 3. The highest BCUT2D eigenvalue weighted by molar-refractivity contribution is 9.10. The van der Waals surface area contributed by atoms with Crippen LogP contribution in [0.5, 0.6) is 0 Å². The average molecular weight is 933 g/mol. The van der Waals surface area contributed by atoms with Gasteiger partial charge in [0.1, 0.15) is 11.5 Å². The Labute approximate surface area is 361 Å². The number of aliphatic hydroxyl groups is 1. The van der Waals surface area contributed by atoms with Gasteiger partial charge in [-0.25, -0.2) is 0 Å². The van der Waals surface area contributed by atoms with Crippen molar-refractivity contribution in [3.8, 4) is 0 Å². The molecule has 0 bridgehead atoms. The molecule has 0 aromatic heterocycles. The van der Waals surface area contributed by atoms with Crippen LogP contribution in [0.15, 0.2) is 44.7 Å². The van der Waals surface area contributed by atoms with E-state index >= 15 is 0 Å². The SMILES string of the molecule is CC(C)(C)C(=O)Cl.CCc1cc(C)cc(Br)c1C1=C(O)C2(CCCCC2)NC1=O.CCc1cc(C)cc(Br)c1C1=C(OC(=O)C(C)(C)C)C2(CCCCC2)NC1=O. The summed E-state index contributed by atoms with van der Waals surface area (Å²) in [4.78, 5) is 48.9. The summed E-state index contributed by atoms with van der Waals surface area (Å²) in [6.07, 6.45) is 11.3. The molecule has 312 valence electrons. The van der Waals surface area contributed by atoms with Gasteiger partial charge in [-0.1, -0.05) is 117 Å². The molecular weight excluding hydrogens is 872 g/mol. The van der Waals surface area contributed by atoms with Crippen molar-refractivity contribution >= 4 is 77.6 Å². The number of rotatable bonds is 5. The molecule has 2 aromatic carbocycles. The van der Waals surface area contributed by atoms with Crippen molar-refractivity contribution in [2.45, 2.75) is 157 Å². The van der Waals surface area contributed by atoms with E-state index in [4.69, 9.17) is 16.3 Å². The van der Waals surface area contributed by atoms with E-state index in [2.05, 4.69) is 68.5 Å². The number of ether oxygens (including phenoxy) is 1. The number of benzene rings is 2. The number of hydrogen-bond donors (Lipinski definition) is 3. The molecule has 2 aromatic rings. The topological polar surface area (TPSA) is 122 Å². The fraction of sp³-hybridized carbons (Fsp3) is 0.565.